The number of para-hydroxylation sites is 1. The fourth-order valence-electron chi connectivity index (χ4n) is 2.40. The normalized spacial score (nSPS) is 18.9. The van der Waals surface area contributed by atoms with Gasteiger partial charge in [0.05, 0.1) is 13.2 Å². The van der Waals surface area contributed by atoms with Crippen molar-refractivity contribution in [2.75, 3.05) is 6.61 Å². The maximum Gasteiger partial charge on any atom is 0.240 e. The molecule has 3 rings (SSSR count). The van der Waals surface area contributed by atoms with E-state index in [0.29, 0.717) is 24.2 Å². The second-order valence-corrected chi connectivity index (χ2v) is 4.86. The summed E-state index contributed by atoms with van der Waals surface area (Å²) in [6.07, 6.45) is 0. The van der Waals surface area contributed by atoms with E-state index in [2.05, 4.69) is 34.5 Å². The Morgan fingerprint density at radius 1 is 1.42 bits per heavy atom. The molecule has 2 aromatic rings. The predicted molar refractivity (Wildman–Crippen MR) is 70.0 cm³/mol. The van der Waals surface area contributed by atoms with Gasteiger partial charge in [-0.05, 0) is 19.9 Å². The maximum absolute atomic E-state index is 5.70. The number of fused-ring (bicyclic) bond motifs is 1. The average molecular weight is 259 g/mol. The van der Waals surface area contributed by atoms with Crippen LogP contribution in [0.3, 0.4) is 0 Å². The third-order valence-electron chi connectivity index (χ3n) is 3.49. The van der Waals surface area contributed by atoms with Crippen molar-refractivity contribution in [3.8, 4) is 5.75 Å². The summed E-state index contributed by atoms with van der Waals surface area (Å²) in [5.74, 6) is 2.64. The number of rotatable bonds is 4. The monoisotopic (exact) mass is 259 g/mol. The van der Waals surface area contributed by atoms with Crippen LogP contribution in [0, 0.1) is 6.92 Å². The first-order valence-electron chi connectivity index (χ1n) is 6.48. The van der Waals surface area contributed by atoms with Gasteiger partial charge in [-0.2, -0.15) is 4.98 Å². The van der Waals surface area contributed by atoms with Gasteiger partial charge in [0.25, 0.3) is 0 Å². The lowest BCUT2D eigenvalue weighted by Gasteiger charge is -2.18. The van der Waals surface area contributed by atoms with Gasteiger partial charge in [0.15, 0.2) is 5.82 Å². The molecule has 2 heterocycles. The Balaban J connectivity index is 1.64. The largest absolute Gasteiger partial charge is 0.493 e. The number of ether oxygens (including phenoxy) is 1. The van der Waals surface area contributed by atoms with E-state index in [9.17, 15) is 0 Å². The molecule has 0 amide bonds. The summed E-state index contributed by atoms with van der Waals surface area (Å²) in [5, 5.41) is 7.20. The first kappa shape index (κ1) is 12.2. The number of nitrogens with zero attached hydrogens (tertiary/aromatic N) is 2. The van der Waals surface area contributed by atoms with E-state index in [1.165, 1.54) is 5.56 Å². The van der Waals surface area contributed by atoms with Crippen LogP contribution < -0.4 is 10.1 Å². The van der Waals surface area contributed by atoms with Crippen LogP contribution in [0.1, 0.15) is 30.1 Å². The molecular formula is C14H17N3O2. The van der Waals surface area contributed by atoms with Crippen molar-refractivity contribution in [3.05, 3.63) is 41.5 Å². The van der Waals surface area contributed by atoms with Crippen molar-refractivity contribution in [2.45, 2.75) is 32.4 Å². The van der Waals surface area contributed by atoms with Crippen LogP contribution in [-0.2, 0) is 6.54 Å². The Hall–Kier alpha value is -1.88. The Labute approximate surface area is 112 Å². The van der Waals surface area contributed by atoms with Crippen molar-refractivity contribution >= 4 is 0 Å². The molecule has 1 aliphatic rings. The van der Waals surface area contributed by atoms with Crippen LogP contribution in [0.15, 0.2) is 28.8 Å². The SMILES string of the molecule is Cc1noc(CN[C@@H](C)[C@H]2COc3ccccc32)n1. The minimum absolute atomic E-state index is 0.288. The second-order valence-electron chi connectivity index (χ2n) is 4.86. The molecule has 0 radical (unpaired) electrons. The first-order chi connectivity index (χ1) is 9.24. The van der Waals surface area contributed by atoms with Crippen molar-refractivity contribution in [1.29, 1.82) is 0 Å². The van der Waals surface area contributed by atoms with Crippen LogP contribution in [0.25, 0.3) is 0 Å². The molecule has 0 spiro atoms. The van der Waals surface area contributed by atoms with E-state index >= 15 is 0 Å². The topological polar surface area (TPSA) is 60.2 Å². The molecule has 1 N–H and O–H groups in total. The quantitative estimate of drug-likeness (QED) is 0.910. The summed E-state index contributed by atoms with van der Waals surface area (Å²) < 4.78 is 10.8. The summed E-state index contributed by atoms with van der Waals surface area (Å²) in [5.41, 5.74) is 1.27. The van der Waals surface area contributed by atoms with Gasteiger partial charge >= 0.3 is 0 Å². The molecule has 0 fully saturated rings. The standard InChI is InChI=1S/C14H17N3O2/c1-9(15-7-14-16-10(2)17-19-14)12-8-18-13-6-4-3-5-11(12)13/h3-6,9,12,15H,7-8H2,1-2H3/t9-,12+/m0/s1. The van der Waals surface area contributed by atoms with Gasteiger partial charge in [-0.3, -0.25) is 0 Å². The third kappa shape index (κ3) is 2.46. The van der Waals surface area contributed by atoms with Crippen LogP contribution in [0.2, 0.25) is 0 Å². The molecule has 0 bridgehead atoms. The Bertz CT molecular complexity index is 567. The molecule has 0 saturated heterocycles. The fourth-order valence-corrected chi connectivity index (χ4v) is 2.40. The lowest BCUT2D eigenvalue weighted by molar-refractivity contribution is 0.295. The van der Waals surface area contributed by atoms with E-state index in [4.69, 9.17) is 9.26 Å². The summed E-state index contributed by atoms with van der Waals surface area (Å²) in [4.78, 5) is 4.18. The van der Waals surface area contributed by atoms with Crippen molar-refractivity contribution < 1.29 is 9.26 Å². The van der Waals surface area contributed by atoms with Crippen LogP contribution in [-0.4, -0.2) is 22.8 Å². The van der Waals surface area contributed by atoms with Crippen molar-refractivity contribution in [3.63, 3.8) is 0 Å². The average Bonchev–Trinajstić information content (AvgIpc) is 3.02. The third-order valence-corrected chi connectivity index (χ3v) is 3.49. The molecular weight excluding hydrogens is 242 g/mol. The molecule has 2 atom stereocenters. The molecule has 0 saturated carbocycles. The Morgan fingerprint density at radius 3 is 3.05 bits per heavy atom. The summed E-state index contributed by atoms with van der Waals surface area (Å²) in [6.45, 7) is 5.27. The van der Waals surface area contributed by atoms with Gasteiger partial charge in [0.2, 0.25) is 5.89 Å². The van der Waals surface area contributed by atoms with Gasteiger partial charge in [0.1, 0.15) is 5.75 Å². The molecule has 1 aromatic carbocycles. The highest BCUT2D eigenvalue weighted by Gasteiger charge is 2.28. The number of hydrogen-bond donors (Lipinski definition) is 1. The van der Waals surface area contributed by atoms with Gasteiger partial charge in [0, 0.05) is 17.5 Å². The van der Waals surface area contributed by atoms with Crippen LogP contribution >= 0.6 is 0 Å². The zero-order valence-electron chi connectivity index (χ0n) is 11.1. The first-order valence-corrected chi connectivity index (χ1v) is 6.48. The molecule has 19 heavy (non-hydrogen) atoms. The lowest BCUT2D eigenvalue weighted by atomic mass is 9.94. The highest BCUT2D eigenvalue weighted by Crippen LogP contribution is 2.35. The van der Waals surface area contributed by atoms with Gasteiger partial charge in [-0.15, -0.1) is 0 Å². The summed E-state index contributed by atoms with van der Waals surface area (Å²) in [7, 11) is 0. The molecule has 1 aliphatic heterocycles. The number of aromatic nitrogens is 2. The number of nitrogens with one attached hydrogen (secondary N) is 1. The molecule has 0 unspecified atom stereocenters. The van der Waals surface area contributed by atoms with E-state index in [0.717, 1.165) is 12.4 Å². The molecule has 5 heteroatoms. The zero-order valence-corrected chi connectivity index (χ0v) is 11.1. The highest BCUT2D eigenvalue weighted by molar-refractivity contribution is 5.40. The van der Waals surface area contributed by atoms with E-state index in [-0.39, 0.29) is 6.04 Å². The minimum atomic E-state index is 0.288. The van der Waals surface area contributed by atoms with Crippen LogP contribution in [0.5, 0.6) is 5.75 Å². The second kappa shape index (κ2) is 5.01. The summed E-state index contributed by atoms with van der Waals surface area (Å²) >= 11 is 0. The van der Waals surface area contributed by atoms with E-state index in [1.807, 2.05) is 19.1 Å². The number of hydrogen-bond acceptors (Lipinski definition) is 5. The highest BCUT2D eigenvalue weighted by atomic mass is 16.5. The maximum atomic E-state index is 5.70. The van der Waals surface area contributed by atoms with Gasteiger partial charge in [-0.1, -0.05) is 23.4 Å². The molecule has 0 aliphatic carbocycles. The van der Waals surface area contributed by atoms with E-state index < -0.39 is 0 Å². The molecule has 5 nitrogen and oxygen atoms in total. The number of aryl methyl sites for hydroxylation is 1. The smallest absolute Gasteiger partial charge is 0.240 e. The predicted octanol–water partition coefficient (Wildman–Crippen LogP) is 2.03. The minimum Gasteiger partial charge on any atom is -0.493 e. The molecule has 100 valence electrons. The van der Waals surface area contributed by atoms with E-state index in [1.54, 1.807) is 0 Å². The van der Waals surface area contributed by atoms with Gasteiger partial charge in [-0.25, -0.2) is 0 Å². The lowest BCUT2D eigenvalue weighted by Crippen LogP contribution is -2.32. The number of benzene rings is 1. The molecule has 1 aromatic heterocycles. The Kier molecular flexibility index (Phi) is 3.21. The van der Waals surface area contributed by atoms with Crippen LogP contribution in [0.4, 0.5) is 0 Å². The fraction of sp³-hybridized carbons (Fsp3) is 0.429. The van der Waals surface area contributed by atoms with Crippen molar-refractivity contribution in [2.24, 2.45) is 0 Å². The van der Waals surface area contributed by atoms with Gasteiger partial charge < -0.3 is 14.6 Å². The summed E-state index contributed by atoms with van der Waals surface area (Å²) in [6, 6.07) is 8.48. The van der Waals surface area contributed by atoms with Crippen molar-refractivity contribution in [1.82, 2.24) is 15.5 Å². The zero-order chi connectivity index (χ0) is 13.2. The Morgan fingerprint density at radius 2 is 2.26 bits per heavy atom.